The number of primary amides is 1. The van der Waals surface area contributed by atoms with E-state index in [9.17, 15) is 18.0 Å². The number of halogens is 4. The predicted octanol–water partition coefficient (Wildman–Crippen LogP) is 3.64. The van der Waals surface area contributed by atoms with Crippen LogP contribution in [0.25, 0.3) is 0 Å². The van der Waals surface area contributed by atoms with Gasteiger partial charge in [-0.2, -0.15) is 18.3 Å². The van der Waals surface area contributed by atoms with Crippen LogP contribution in [0.15, 0.2) is 30.5 Å². The van der Waals surface area contributed by atoms with Gasteiger partial charge in [0.2, 0.25) is 0 Å². The lowest BCUT2D eigenvalue weighted by Gasteiger charge is -2.30. The summed E-state index contributed by atoms with van der Waals surface area (Å²) in [5, 5.41) is 18.6. The molecule has 0 unspecified atom stereocenters. The lowest BCUT2D eigenvalue weighted by molar-refractivity contribution is -0.126. The molecule has 1 amide bonds. The van der Waals surface area contributed by atoms with E-state index in [-0.39, 0.29) is 23.5 Å². The van der Waals surface area contributed by atoms with Crippen molar-refractivity contribution in [1.82, 2.24) is 15.1 Å². The Morgan fingerprint density at radius 1 is 1.31 bits per heavy atom. The lowest BCUT2D eigenvalue weighted by Crippen LogP contribution is -2.42. The van der Waals surface area contributed by atoms with Crippen molar-refractivity contribution in [2.75, 3.05) is 11.9 Å². The van der Waals surface area contributed by atoms with Crippen molar-refractivity contribution < 1.29 is 18.0 Å². The van der Waals surface area contributed by atoms with Crippen LogP contribution in [0.1, 0.15) is 35.7 Å². The summed E-state index contributed by atoms with van der Waals surface area (Å²) in [6.07, 6.45) is -1.78. The third kappa shape index (κ3) is 5.48. The third-order valence-corrected chi connectivity index (χ3v) is 4.92. The number of nitrogens with two attached hydrogens (primary N) is 1. The summed E-state index contributed by atoms with van der Waals surface area (Å²) in [5.41, 5.74) is 6.50. The van der Waals surface area contributed by atoms with Gasteiger partial charge in [0.1, 0.15) is 5.56 Å². The highest BCUT2D eigenvalue weighted by Crippen LogP contribution is 2.29. The van der Waals surface area contributed by atoms with E-state index >= 15 is 0 Å². The Kier molecular flexibility index (Phi) is 6.13. The molecule has 11 heteroatoms. The minimum atomic E-state index is -4.29. The molecule has 0 aliphatic heterocycles. The van der Waals surface area contributed by atoms with Gasteiger partial charge in [0.25, 0.3) is 5.91 Å². The third-order valence-electron chi connectivity index (χ3n) is 4.67. The molecule has 1 aliphatic rings. The first-order chi connectivity index (χ1) is 13.6. The normalized spacial score (nSPS) is 19.9. The molecular weight excluding hydrogens is 409 g/mol. The maximum absolute atomic E-state index is 12.4. The van der Waals surface area contributed by atoms with Crippen molar-refractivity contribution in [2.45, 2.75) is 37.5 Å². The zero-order chi connectivity index (χ0) is 21.2. The SMILES string of the molecule is N=C1C[C@@H](NCC(F)(F)F)CC[C@@H]1n1cc(C(N)=O)c(Nc2ccc(Cl)cc2)n1. The fourth-order valence-electron chi connectivity index (χ4n) is 3.26. The number of nitrogens with one attached hydrogen (secondary N) is 3. The Bertz CT molecular complexity index is 896. The zero-order valence-electron chi connectivity index (χ0n) is 15.3. The average Bonchev–Trinajstić information content (AvgIpc) is 3.05. The summed E-state index contributed by atoms with van der Waals surface area (Å²) in [5.74, 6) is -0.440. The van der Waals surface area contributed by atoms with E-state index in [0.717, 1.165) is 0 Å². The molecule has 0 saturated heterocycles. The van der Waals surface area contributed by atoms with Gasteiger partial charge in [-0.1, -0.05) is 11.6 Å². The number of anilines is 2. The molecule has 1 aromatic carbocycles. The average molecular weight is 429 g/mol. The second-order valence-corrected chi connectivity index (χ2v) is 7.32. The second kappa shape index (κ2) is 8.42. The van der Waals surface area contributed by atoms with Gasteiger partial charge in [-0.25, -0.2) is 0 Å². The monoisotopic (exact) mass is 428 g/mol. The minimum Gasteiger partial charge on any atom is -0.365 e. The number of carbonyl (C=O) groups is 1. The van der Waals surface area contributed by atoms with Gasteiger partial charge in [-0.05, 0) is 37.1 Å². The van der Waals surface area contributed by atoms with Crippen LogP contribution in [0.4, 0.5) is 24.7 Å². The number of hydrogen-bond acceptors (Lipinski definition) is 5. The molecule has 7 nitrogen and oxygen atoms in total. The molecule has 2 aromatic rings. The fourth-order valence-corrected chi connectivity index (χ4v) is 3.38. The van der Waals surface area contributed by atoms with Crippen molar-refractivity contribution >= 4 is 34.7 Å². The van der Waals surface area contributed by atoms with E-state index < -0.39 is 30.7 Å². The predicted molar refractivity (Wildman–Crippen MR) is 104 cm³/mol. The Morgan fingerprint density at radius 2 is 2.00 bits per heavy atom. The molecule has 5 N–H and O–H groups in total. The zero-order valence-corrected chi connectivity index (χ0v) is 16.0. The molecule has 1 aliphatic carbocycles. The number of aromatic nitrogens is 2. The molecule has 0 spiro atoms. The summed E-state index contributed by atoms with van der Waals surface area (Å²) in [6, 6.07) is 5.92. The molecule has 2 atom stereocenters. The smallest absolute Gasteiger partial charge is 0.365 e. The maximum Gasteiger partial charge on any atom is 0.401 e. The summed E-state index contributed by atoms with van der Waals surface area (Å²) in [7, 11) is 0. The molecule has 29 heavy (non-hydrogen) atoms. The van der Waals surface area contributed by atoms with Crippen molar-refractivity contribution in [3.05, 3.63) is 41.0 Å². The highest BCUT2D eigenvalue weighted by molar-refractivity contribution is 6.30. The number of carbonyl (C=O) groups excluding carboxylic acids is 1. The molecule has 0 bridgehead atoms. The number of amides is 1. The first kappa shape index (κ1) is 21.1. The first-order valence-corrected chi connectivity index (χ1v) is 9.29. The topological polar surface area (TPSA) is 109 Å². The number of benzene rings is 1. The van der Waals surface area contributed by atoms with Crippen molar-refractivity contribution in [1.29, 1.82) is 5.41 Å². The molecule has 3 rings (SSSR count). The number of alkyl halides is 3. The van der Waals surface area contributed by atoms with Crippen molar-refractivity contribution in [2.24, 2.45) is 5.73 Å². The Morgan fingerprint density at radius 3 is 2.59 bits per heavy atom. The van der Waals surface area contributed by atoms with Gasteiger partial charge in [-0.15, -0.1) is 0 Å². The van der Waals surface area contributed by atoms with Gasteiger partial charge >= 0.3 is 6.18 Å². The summed E-state index contributed by atoms with van der Waals surface area (Å²) in [4.78, 5) is 11.8. The molecule has 1 saturated carbocycles. The van der Waals surface area contributed by atoms with Crippen LogP contribution in [0.3, 0.4) is 0 Å². The van der Waals surface area contributed by atoms with E-state index in [1.165, 1.54) is 10.9 Å². The molecular formula is C18H20ClF3N6O. The van der Waals surface area contributed by atoms with E-state index in [0.29, 0.717) is 23.6 Å². The number of nitrogens with zero attached hydrogens (tertiary/aromatic N) is 2. The fraction of sp³-hybridized carbons (Fsp3) is 0.389. The van der Waals surface area contributed by atoms with Crippen LogP contribution >= 0.6 is 11.6 Å². The Labute approximate surface area is 169 Å². The molecule has 1 fully saturated rings. The lowest BCUT2D eigenvalue weighted by atomic mass is 9.89. The van der Waals surface area contributed by atoms with Gasteiger partial charge in [0.05, 0.1) is 12.6 Å². The van der Waals surface area contributed by atoms with Gasteiger partial charge in [0, 0.05) is 35.1 Å². The van der Waals surface area contributed by atoms with Crippen LogP contribution in [0, 0.1) is 5.41 Å². The highest BCUT2D eigenvalue weighted by Gasteiger charge is 2.32. The van der Waals surface area contributed by atoms with Crippen LogP contribution in [0.2, 0.25) is 5.02 Å². The van der Waals surface area contributed by atoms with Crippen molar-refractivity contribution in [3.63, 3.8) is 0 Å². The Hall–Kier alpha value is -2.59. The Balaban J connectivity index is 1.73. The largest absolute Gasteiger partial charge is 0.401 e. The molecule has 1 heterocycles. The summed E-state index contributed by atoms with van der Waals surface area (Å²) >= 11 is 5.86. The summed E-state index contributed by atoms with van der Waals surface area (Å²) in [6.45, 7) is -1.08. The van der Waals surface area contributed by atoms with Gasteiger partial charge in [-0.3, -0.25) is 9.48 Å². The molecule has 0 radical (unpaired) electrons. The molecule has 1 aromatic heterocycles. The quantitative estimate of drug-likeness (QED) is 0.563. The van der Waals surface area contributed by atoms with Crippen LogP contribution in [0.5, 0.6) is 0 Å². The minimum absolute atomic E-state index is 0.157. The van der Waals surface area contributed by atoms with E-state index in [1.54, 1.807) is 24.3 Å². The summed E-state index contributed by atoms with van der Waals surface area (Å²) < 4.78 is 38.6. The van der Waals surface area contributed by atoms with Gasteiger partial charge < -0.3 is 21.8 Å². The maximum atomic E-state index is 12.4. The van der Waals surface area contributed by atoms with Crippen molar-refractivity contribution in [3.8, 4) is 0 Å². The number of hydrogen-bond donors (Lipinski definition) is 4. The van der Waals surface area contributed by atoms with E-state index in [4.69, 9.17) is 22.7 Å². The van der Waals surface area contributed by atoms with E-state index in [2.05, 4.69) is 15.7 Å². The van der Waals surface area contributed by atoms with E-state index in [1.807, 2.05) is 0 Å². The molecule has 156 valence electrons. The number of rotatable bonds is 6. The first-order valence-electron chi connectivity index (χ1n) is 8.91. The highest BCUT2D eigenvalue weighted by atomic mass is 35.5. The van der Waals surface area contributed by atoms with Gasteiger partial charge in [0.15, 0.2) is 5.82 Å². The standard InChI is InChI=1S/C18H20ClF3N6O/c19-10-1-3-11(4-2-10)26-17-13(16(24)29)8-28(27-17)15-6-5-12(7-14(15)23)25-9-18(20,21)22/h1-4,8,12,15,23,25H,5-7,9H2,(H2,24,29)(H,26,27)/t12-,15-/m0/s1. The van der Waals surface area contributed by atoms with Crippen LogP contribution in [-0.4, -0.2) is 40.2 Å². The van der Waals surface area contributed by atoms with Crippen LogP contribution in [-0.2, 0) is 0 Å². The van der Waals surface area contributed by atoms with Crippen LogP contribution < -0.4 is 16.4 Å². The second-order valence-electron chi connectivity index (χ2n) is 6.88.